The van der Waals surface area contributed by atoms with E-state index in [-0.39, 0.29) is 11.5 Å². The molecule has 4 rings (SSSR count). The molecular formula is C33H36O4. The number of aliphatic hydroxyl groups is 1. The van der Waals surface area contributed by atoms with E-state index in [1.165, 1.54) is 0 Å². The third-order valence-electron chi connectivity index (χ3n) is 7.64. The number of aryl methyl sites for hydroxylation is 2. The fourth-order valence-corrected chi connectivity index (χ4v) is 4.81. The van der Waals surface area contributed by atoms with Crippen LogP contribution >= 0.6 is 0 Å². The summed E-state index contributed by atoms with van der Waals surface area (Å²) < 4.78 is 5.81. The average Bonchev–Trinajstić information content (AvgIpc) is 2.90. The zero-order valence-corrected chi connectivity index (χ0v) is 22.3. The summed E-state index contributed by atoms with van der Waals surface area (Å²) in [6.45, 7) is 10.2. The minimum atomic E-state index is -0.393. The van der Waals surface area contributed by atoms with Crippen LogP contribution in [-0.4, -0.2) is 22.3 Å². The highest BCUT2D eigenvalue weighted by molar-refractivity contribution is 5.96. The molecular weight excluding hydrogens is 460 g/mol. The predicted molar refractivity (Wildman–Crippen MR) is 150 cm³/mol. The predicted octanol–water partition coefficient (Wildman–Crippen LogP) is 7.41. The highest BCUT2D eigenvalue weighted by Crippen LogP contribution is 2.38. The third kappa shape index (κ3) is 5.55. The van der Waals surface area contributed by atoms with Gasteiger partial charge >= 0.3 is 5.97 Å². The molecule has 4 heteroatoms. The van der Waals surface area contributed by atoms with Crippen LogP contribution in [0.3, 0.4) is 0 Å². The molecule has 0 spiro atoms. The second-order valence-corrected chi connectivity index (χ2v) is 10.2. The number of hydrogen-bond acceptors (Lipinski definition) is 4. The molecule has 0 amide bonds. The summed E-state index contributed by atoms with van der Waals surface area (Å²) in [4.78, 5) is 13.0. The molecule has 37 heavy (non-hydrogen) atoms. The molecule has 0 aliphatic rings. The fourth-order valence-electron chi connectivity index (χ4n) is 4.81. The molecule has 192 valence electrons. The molecule has 0 aliphatic carbocycles. The van der Waals surface area contributed by atoms with Gasteiger partial charge in [0.25, 0.3) is 0 Å². The molecule has 2 N–H and O–H groups in total. The van der Waals surface area contributed by atoms with Gasteiger partial charge in [0.2, 0.25) is 0 Å². The fraction of sp³-hybridized carbons (Fsp3) is 0.303. The van der Waals surface area contributed by atoms with Gasteiger partial charge in [0.15, 0.2) is 0 Å². The Balaban J connectivity index is 1.55. The number of aromatic hydroxyl groups is 1. The van der Waals surface area contributed by atoms with Crippen molar-refractivity contribution >= 4 is 16.7 Å². The second-order valence-electron chi connectivity index (χ2n) is 10.2. The molecule has 4 aromatic carbocycles. The quantitative estimate of drug-likeness (QED) is 0.197. The number of phenols is 1. The van der Waals surface area contributed by atoms with E-state index in [0.717, 1.165) is 51.4 Å². The number of aliphatic hydroxyl groups excluding tert-OH is 1. The van der Waals surface area contributed by atoms with Crippen LogP contribution in [-0.2, 0) is 11.8 Å². The van der Waals surface area contributed by atoms with E-state index in [9.17, 15) is 15.0 Å². The Labute approximate surface area is 219 Å². The molecule has 2 unspecified atom stereocenters. The second kappa shape index (κ2) is 10.8. The molecule has 0 saturated heterocycles. The number of benzene rings is 4. The van der Waals surface area contributed by atoms with Gasteiger partial charge in [-0.15, -0.1) is 0 Å². The number of esters is 1. The molecule has 4 aromatic rings. The van der Waals surface area contributed by atoms with Gasteiger partial charge in [0.1, 0.15) is 11.5 Å². The van der Waals surface area contributed by atoms with E-state index in [4.69, 9.17) is 4.74 Å². The molecule has 0 bridgehead atoms. The Morgan fingerprint density at radius 3 is 2.16 bits per heavy atom. The van der Waals surface area contributed by atoms with Crippen LogP contribution in [0, 0.1) is 13.8 Å². The Bertz CT molecular complexity index is 1440. The van der Waals surface area contributed by atoms with Crippen LogP contribution in [0.4, 0.5) is 0 Å². The SMILES string of the molecule is CCC(O)Cc1ccc2cc(C(=O)Oc3ccc(C(C)(CC)c4ccc(O)c(C)c4)cc3C)ccc2c1. The van der Waals surface area contributed by atoms with Crippen LogP contribution < -0.4 is 4.74 Å². The van der Waals surface area contributed by atoms with Gasteiger partial charge in [-0.1, -0.05) is 69.3 Å². The van der Waals surface area contributed by atoms with Crippen molar-refractivity contribution in [3.05, 3.63) is 106 Å². The summed E-state index contributed by atoms with van der Waals surface area (Å²) in [5.41, 5.74) is 5.34. The smallest absolute Gasteiger partial charge is 0.343 e. The van der Waals surface area contributed by atoms with Crippen LogP contribution in [0.25, 0.3) is 10.8 Å². The first-order valence-electron chi connectivity index (χ1n) is 13.0. The maximum absolute atomic E-state index is 13.0. The third-order valence-corrected chi connectivity index (χ3v) is 7.64. The lowest BCUT2D eigenvalue weighted by molar-refractivity contribution is 0.0733. The summed E-state index contributed by atoms with van der Waals surface area (Å²) in [5.74, 6) is 0.443. The first kappa shape index (κ1) is 26.4. The highest BCUT2D eigenvalue weighted by atomic mass is 16.5. The summed E-state index contributed by atoms with van der Waals surface area (Å²) in [6.07, 6.45) is 1.87. The summed E-state index contributed by atoms with van der Waals surface area (Å²) >= 11 is 0. The highest BCUT2D eigenvalue weighted by Gasteiger charge is 2.28. The van der Waals surface area contributed by atoms with Gasteiger partial charge in [-0.25, -0.2) is 4.79 Å². The zero-order chi connectivity index (χ0) is 26.7. The van der Waals surface area contributed by atoms with Gasteiger partial charge in [0.05, 0.1) is 11.7 Å². The van der Waals surface area contributed by atoms with E-state index < -0.39 is 5.97 Å². The standard InChI is InChI=1S/C33H36O4/c1-6-29(34)19-23-8-9-25-20-26(11-10-24(25)18-23)32(36)37-31-15-13-28(17-22(31)4)33(5,7-2)27-12-14-30(35)21(3)16-27/h8-18,20,29,34-35H,6-7,19H2,1-5H3. The van der Waals surface area contributed by atoms with Crippen molar-refractivity contribution < 1.29 is 19.7 Å². The monoisotopic (exact) mass is 496 g/mol. The summed E-state index contributed by atoms with van der Waals surface area (Å²) in [6, 6.07) is 23.4. The molecule has 0 aromatic heterocycles. The van der Waals surface area contributed by atoms with Gasteiger partial charge in [-0.05, 0) is 96.0 Å². The van der Waals surface area contributed by atoms with Gasteiger partial charge in [-0.2, -0.15) is 0 Å². The number of rotatable bonds is 8. The van der Waals surface area contributed by atoms with Crippen molar-refractivity contribution in [2.75, 3.05) is 0 Å². The Hall–Kier alpha value is -3.63. The summed E-state index contributed by atoms with van der Waals surface area (Å²) in [5, 5.41) is 21.9. The van der Waals surface area contributed by atoms with E-state index >= 15 is 0 Å². The van der Waals surface area contributed by atoms with E-state index in [1.54, 1.807) is 12.1 Å². The molecule has 0 aliphatic heterocycles. The molecule has 0 fully saturated rings. The Morgan fingerprint density at radius 2 is 1.51 bits per heavy atom. The largest absolute Gasteiger partial charge is 0.508 e. The number of hydrogen-bond donors (Lipinski definition) is 2. The van der Waals surface area contributed by atoms with Crippen LogP contribution in [0.2, 0.25) is 0 Å². The number of phenolic OH excluding ortho intramolecular Hbond substituents is 1. The Kier molecular flexibility index (Phi) is 7.70. The van der Waals surface area contributed by atoms with Crippen LogP contribution in [0.15, 0.2) is 72.8 Å². The molecule has 2 atom stereocenters. The van der Waals surface area contributed by atoms with Crippen LogP contribution in [0.1, 0.15) is 71.8 Å². The Morgan fingerprint density at radius 1 is 0.865 bits per heavy atom. The number of carbonyl (C=O) groups is 1. The van der Waals surface area contributed by atoms with Crippen molar-refractivity contribution in [1.82, 2.24) is 0 Å². The zero-order valence-electron chi connectivity index (χ0n) is 22.3. The van der Waals surface area contributed by atoms with Crippen LogP contribution in [0.5, 0.6) is 11.5 Å². The van der Waals surface area contributed by atoms with E-state index in [2.05, 4.69) is 26.0 Å². The van der Waals surface area contributed by atoms with Crippen molar-refractivity contribution in [2.45, 2.75) is 65.4 Å². The van der Waals surface area contributed by atoms with Crippen molar-refractivity contribution in [3.8, 4) is 11.5 Å². The van der Waals surface area contributed by atoms with Gasteiger partial charge < -0.3 is 14.9 Å². The molecule has 0 heterocycles. The number of fused-ring (bicyclic) bond motifs is 1. The maximum Gasteiger partial charge on any atom is 0.343 e. The molecule has 0 saturated carbocycles. The summed E-state index contributed by atoms with van der Waals surface area (Å²) in [7, 11) is 0. The minimum Gasteiger partial charge on any atom is -0.508 e. The molecule has 4 nitrogen and oxygen atoms in total. The lowest BCUT2D eigenvalue weighted by Gasteiger charge is -2.31. The van der Waals surface area contributed by atoms with Gasteiger partial charge in [0, 0.05) is 5.41 Å². The van der Waals surface area contributed by atoms with Crippen molar-refractivity contribution in [3.63, 3.8) is 0 Å². The first-order valence-corrected chi connectivity index (χ1v) is 13.0. The number of ether oxygens (including phenoxy) is 1. The topological polar surface area (TPSA) is 66.8 Å². The van der Waals surface area contributed by atoms with Crippen molar-refractivity contribution in [2.24, 2.45) is 0 Å². The number of carbonyl (C=O) groups excluding carboxylic acids is 1. The lowest BCUT2D eigenvalue weighted by Crippen LogP contribution is -2.23. The molecule has 0 radical (unpaired) electrons. The van der Waals surface area contributed by atoms with Gasteiger partial charge in [-0.3, -0.25) is 0 Å². The maximum atomic E-state index is 13.0. The normalized spacial score (nSPS) is 13.8. The van der Waals surface area contributed by atoms with E-state index in [0.29, 0.717) is 23.5 Å². The van der Waals surface area contributed by atoms with Crippen molar-refractivity contribution in [1.29, 1.82) is 0 Å². The average molecular weight is 497 g/mol. The lowest BCUT2D eigenvalue weighted by atomic mass is 9.73. The first-order chi connectivity index (χ1) is 17.6. The minimum absolute atomic E-state index is 0.240. The van der Waals surface area contributed by atoms with E-state index in [1.807, 2.05) is 69.3 Å².